The minimum Gasteiger partial charge on any atom is -0.496 e. The average molecular weight is 348 g/mol. The minimum atomic E-state index is -0.470. The SMILES string of the molecule is CNC(=O)NC(=O)[C@@H](C)N1CCN(Cc2cc(C)ccc2OC)CC1. The molecule has 0 aliphatic carbocycles. The summed E-state index contributed by atoms with van der Waals surface area (Å²) < 4.78 is 5.45. The molecule has 0 spiro atoms. The molecule has 1 aliphatic rings. The van der Waals surface area contributed by atoms with Crippen LogP contribution >= 0.6 is 0 Å². The van der Waals surface area contributed by atoms with Crippen LogP contribution in [-0.4, -0.2) is 68.1 Å². The molecule has 0 saturated carbocycles. The van der Waals surface area contributed by atoms with Gasteiger partial charge in [0.1, 0.15) is 5.75 Å². The first-order chi connectivity index (χ1) is 11.9. The molecule has 1 heterocycles. The number of carbonyl (C=O) groups is 2. The molecule has 3 amide bonds. The van der Waals surface area contributed by atoms with Crippen molar-refractivity contribution in [3.05, 3.63) is 29.3 Å². The highest BCUT2D eigenvalue weighted by Gasteiger charge is 2.26. The first-order valence-electron chi connectivity index (χ1n) is 8.57. The van der Waals surface area contributed by atoms with Crippen molar-refractivity contribution in [3.8, 4) is 5.75 Å². The third kappa shape index (κ3) is 5.17. The van der Waals surface area contributed by atoms with Crippen LogP contribution in [0.15, 0.2) is 18.2 Å². The van der Waals surface area contributed by atoms with Crippen LogP contribution in [-0.2, 0) is 11.3 Å². The normalized spacial score (nSPS) is 17.0. The van der Waals surface area contributed by atoms with Crippen molar-refractivity contribution < 1.29 is 14.3 Å². The van der Waals surface area contributed by atoms with Crippen molar-refractivity contribution in [1.82, 2.24) is 20.4 Å². The molecule has 0 unspecified atom stereocenters. The van der Waals surface area contributed by atoms with Crippen LogP contribution < -0.4 is 15.4 Å². The Labute approximate surface area is 149 Å². The van der Waals surface area contributed by atoms with E-state index in [1.165, 1.54) is 18.2 Å². The van der Waals surface area contributed by atoms with Gasteiger partial charge in [0.25, 0.3) is 0 Å². The number of nitrogens with zero attached hydrogens (tertiary/aromatic N) is 2. The lowest BCUT2D eigenvalue weighted by Crippen LogP contribution is -2.55. The van der Waals surface area contributed by atoms with Crippen LogP contribution in [0.2, 0.25) is 0 Å². The Morgan fingerprint density at radius 3 is 2.52 bits per heavy atom. The van der Waals surface area contributed by atoms with E-state index >= 15 is 0 Å². The monoisotopic (exact) mass is 348 g/mol. The molecule has 0 radical (unpaired) electrons. The first-order valence-corrected chi connectivity index (χ1v) is 8.57. The maximum atomic E-state index is 12.1. The van der Waals surface area contributed by atoms with Crippen molar-refractivity contribution >= 4 is 11.9 Å². The van der Waals surface area contributed by atoms with Gasteiger partial charge in [-0.1, -0.05) is 17.7 Å². The molecule has 1 saturated heterocycles. The molecule has 2 N–H and O–H groups in total. The Hall–Kier alpha value is -2.12. The van der Waals surface area contributed by atoms with Gasteiger partial charge in [-0.05, 0) is 19.9 Å². The number of hydrogen-bond acceptors (Lipinski definition) is 5. The van der Waals surface area contributed by atoms with Gasteiger partial charge in [0.2, 0.25) is 5.91 Å². The van der Waals surface area contributed by atoms with Crippen molar-refractivity contribution in [2.24, 2.45) is 0 Å². The van der Waals surface area contributed by atoms with Gasteiger partial charge in [-0.3, -0.25) is 19.9 Å². The van der Waals surface area contributed by atoms with Crippen LogP contribution in [0, 0.1) is 6.92 Å². The van der Waals surface area contributed by atoms with Crippen LogP contribution in [0.25, 0.3) is 0 Å². The molecule has 7 heteroatoms. The van der Waals surface area contributed by atoms with Crippen molar-refractivity contribution in [1.29, 1.82) is 0 Å². The number of amides is 3. The van der Waals surface area contributed by atoms with E-state index in [1.807, 2.05) is 19.1 Å². The summed E-state index contributed by atoms with van der Waals surface area (Å²) in [4.78, 5) is 27.8. The Morgan fingerprint density at radius 2 is 1.92 bits per heavy atom. The Morgan fingerprint density at radius 1 is 1.24 bits per heavy atom. The number of imide groups is 1. The third-order valence-electron chi connectivity index (χ3n) is 4.63. The Kier molecular flexibility index (Phi) is 6.78. The summed E-state index contributed by atoms with van der Waals surface area (Å²) in [6.07, 6.45) is 0. The van der Waals surface area contributed by atoms with Crippen LogP contribution in [0.5, 0.6) is 5.75 Å². The number of piperazine rings is 1. The molecule has 1 aliphatic heterocycles. The summed E-state index contributed by atoms with van der Waals surface area (Å²) in [6, 6.07) is 5.42. The molecule has 1 atom stereocenters. The summed E-state index contributed by atoms with van der Waals surface area (Å²) in [5.41, 5.74) is 2.40. The van der Waals surface area contributed by atoms with Crippen molar-refractivity contribution in [3.63, 3.8) is 0 Å². The molecule has 25 heavy (non-hydrogen) atoms. The number of methoxy groups -OCH3 is 1. The van der Waals surface area contributed by atoms with E-state index in [4.69, 9.17) is 4.74 Å². The van der Waals surface area contributed by atoms with Crippen molar-refractivity contribution in [2.45, 2.75) is 26.4 Å². The van der Waals surface area contributed by atoms with E-state index in [-0.39, 0.29) is 11.9 Å². The molecular formula is C18H28N4O3. The first kappa shape index (κ1) is 19.2. The minimum absolute atomic E-state index is 0.270. The highest BCUT2D eigenvalue weighted by Crippen LogP contribution is 2.22. The Bertz CT molecular complexity index is 612. The van der Waals surface area contributed by atoms with Gasteiger partial charge in [0.05, 0.1) is 13.2 Å². The zero-order valence-corrected chi connectivity index (χ0v) is 15.5. The van der Waals surface area contributed by atoms with Gasteiger partial charge in [-0.2, -0.15) is 0 Å². The molecule has 1 fully saturated rings. The number of ether oxygens (including phenoxy) is 1. The number of urea groups is 1. The zero-order valence-electron chi connectivity index (χ0n) is 15.5. The third-order valence-corrected chi connectivity index (χ3v) is 4.63. The molecule has 7 nitrogen and oxygen atoms in total. The summed E-state index contributed by atoms with van der Waals surface area (Å²) in [5, 5.41) is 4.73. The van der Waals surface area contributed by atoms with E-state index in [1.54, 1.807) is 7.11 Å². The number of aryl methyl sites for hydroxylation is 1. The van der Waals surface area contributed by atoms with E-state index in [9.17, 15) is 9.59 Å². The highest BCUT2D eigenvalue weighted by molar-refractivity contribution is 5.96. The van der Waals surface area contributed by atoms with Gasteiger partial charge in [-0.15, -0.1) is 0 Å². The van der Waals surface area contributed by atoms with Crippen LogP contribution in [0.1, 0.15) is 18.1 Å². The Balaban J connectivity index is 1.88. The topological polar surface area (TPSA) is 73.9 Å². The van der Waals surface area contributed by atoms with Gasteiger partial charge in [-0.25, -0.2) is 4.79 Å². The second-order valence-corrected chi connectivity index (χ2v) is 6.37. The largest absolute Gasteiger partial charge is 0.496 e. The second kappa shape index (κ2) is 8.82. The maximum Gasteiger partial charge on any atom is 0.321 e. The lowest BCUT2D eigenvalue weighted by Gasteiger charge is -2.37. The summed E-state index contributed by atoms with van der Waals surface area (Å²) >= 11 is 0. The molecule has 2 rings (SSSR count). The van der Waals surface area contributed by atoms with Gasteiger partial charge in [0.15, 0.2) is 0 Å². The second-order valence-electron chi connectivity index (χ2n) is 6.37. The van der Waals surface area contributed by atoms with Gasteiger partial charge >= 0.3 is 6.03 Å². The van der Waals surface area contributed by atoms with Gasteiger partial charge < -0.3 is 10.1 Å². The predicted molar refractivity (Wildman–Crippen MR) is 96.6 cm³/mol. The molecule has 138 valence electrons. The van der Waals surface area contributed by atoms with Crippen LogP contribution in [0.4, 0.5) is 4.79 Å². The number of benzene rings is 1. The lowest BCUT2D eigenvalue weighted by molar-refractivity contribution is -0.125. The fraction of sp³-hybridized carbons (Fsp3) is 0.556. The predicted octanol–water partition coefficient (Wildman–Crippen LogP) is 0.965. The van der Waals surface area contributed by atoms with Crippen molar-refractivity contribution in [2.75, 3.05) is 40.3 Å². The average Bonchev–Trinajstić information content (AvgIpc) is 2.61. The molecule has 1 aromatic carbocycles. The van der Waals surface area contributed by atoms with E-state index in [0.717, 1.165) is 38.5 Å². The fourth-order valence-electron chi connectivity index (χ4n) is 3.03. The summed E-state index contributed by atoms with van der Waals surface area (Å²) in [5.74, 6) is 0.638. The number of rotatable bonds is 5. The smallest absolute Gasteiger partial charge is 0.321 e. The van der Waals surface area contributed by atoms with Crippen LogP contribution in [0.3, 0.4) is 0 Å². The summed E-state index contributed by atoms with van der Waals surface area (Å²) in [6.45, 7) is 8.05. The number of carbonyl (C=O) groups excluding carboxylic acids is 2. The summed E-state index contributed by atoms with van der Waals surface area (Å²) in [7, 11) is 3.18. The van der Waals surface area contributed by atoms with E-state index in [2.05, 4.69) is 33.4 Å². The quantitative estimate of drug-likeness (QED) is 0.829. The van der Waals surface area contributed by atoms with E-state index < -0.39 is 6.03 Å². The lowest BCUT2D eigenvalue weighted by atomic mass is 10.1. The van der Waals surface area contributed by atoms with Gasteiger partial charge in [0, 0.05) is 45.3 Å². The highest BCUT2D eigenvalue weighted by atomic mass is 16.5. The molecular weight excluding hydrogens is 320 g/mol. The zero-order chi connectivity index (χ0) is 18.4. The fourth-order valence-corrected chi connectivity index (χ4v) is 3.03. The molecule has 0 bridgehead atoms. The molecule has 0 aromatic heterocycles. The number of hydrogen-bond donors (Lipinski definition) is 2. The standard InChI is InChI=1S/C18H28N4O3/c1-13-5-6-16(25-4)15(11-13)12-21-7-9-22(10-8-21)14(2)17(23)20-18(24)19-3/h5-6,11,14H,7-10,12H2,1-4H3,(H2,19,20,23,24)/t14-/m1/s1. The number of nitrogens with one attached hydrogen (secondary N) is 2. The molecule has 1 aromatic rings. The maximum absolute atomic E-state index is 12.1. The van der Waals surface area contributed by atoms with E-state index in [0.29, 0.717) is 0 Å².